The van der Waals surface area contributed by atoms with Crippen LogP contribution in [0.2, 0.25) is 0 Å². The summed E-state index contributed by atoms with van der Waals surface area (Å²) in [5, 5.41) is 13.2. The van der Waals surface area contributed by atoms with Crippen molar-refractivity contribution in [1.29, 1.82) is 0 Å². The van der Waals surface area contributed by atoms with Gasteiger partial charge in [0.15, 0.2) is 0 Å². The van der Waals surface area contributed by atoms with Gasteiger partial charge in [-0.2, -0.15) is 0 Å². The molecular weight excluding hydrogens is 194 g/mol. The summed E-state index contributed by atoms with van der Waals surface area (Å²) in [7, 11) is 0. The fourth-order valence-corrected chi connectivity index (χ4v) is 3.06. The Bertz CT molecular complexity index is 313. The molecule has 78 valence electrons. The van der Waals surface area contributed by atoms with Gasteiger partial charge < -0.3 is 10.4 Å². The van der Waals surface area contributed by atoms with E-state index in [4.69, 9.17) is 0 Å². The molecule has 1 atom stereocenters. The Balaban J connectivity index is 2.24. The van der Waals surface area contributed by atoms with E-state index in [-0.39, 0.29) is 0 Å². The molecule has 1 unspecified atom stereocenters. The molecule has 1 fully saturated rings. The third kappa shape index (κ3) is 1.79. The molecule has 2 nitrogen and oxygen atoms in total. The summed E-state index contributed by atoms with van der Waals surface area (Å²) in [6.07, 6.45) is 1.16. The van der Waals surface area contributed by atoms with Gasteiger partial charge in [-0.25, -0.2) is 0 Å². The van der Waals surface area contributed by atoms with Crippen LogP contribution in [0.3, 0.4) is 0 Å². The molecule has 2 rings (SSSR count). The first-order chi connectivity index (χ1) is 6.68. The average Bonchev–Trinajstić information content (AvgIpc) is 2.71. The van der Waals surface area contributed by atoms with Crippen molar-refractivity contribution < 1.29 is 5.11 Å². The van der Waals surface area contributed by atoms with Gasteiger partial charge in [0.25, 0.3) is 0 Å². The van der Waals surface area contributed by atoms with E-state index in [1.807, 2.05) is 6.07 Å². The maximum Gasteiger partial charge on any atom is 0.130 e. The molecule has 1 aromatic heterocycles. The van der Waals surface area contributed by atoms with Gasteiger partial charge in [-0.15, -0.1) is 11.3 Å². The zero-order chi connectivity index (χ0) is 10.1. The molecular formula is C11H17NOS. The number of rotatable bonds is 2. The summed E-state index contributed by atoms with van der Waals surface area (Å²) in [6, 6.07) is 1.93. The normalized spacial score (nSPS) is 22.1. The summed E-state index contributed by atoms with van der Waals surface area (Å²) in [5.41, 5.74) is 0. The summed E-state index contributed by atoms with van der Waals surface area (Å²) in [5.74, 6) is 1.56. The molecule has 3 heteroatoms. The van der Waals surface area contributed by atoms with Gasteiger partial charge in [-0.3, -0.25) is 0 Å². The number of hydrogen-bond acceptors (Lipinski definition) is 3. The largest absolute Gasteiger partial charge is 0.507 e. The van der Waals surface area contributed by atoms with E-state index >= 15 is 0 Å². The Hall–Kier alpha value is -0.540. The third-order valence-electron chi connectivity index (χ3n) is 2.76. The van der Waals surface area contributed by atoms with Crippen LogP contribution < -0.4 is 5.32 Å². The summed E-state index contributed by atoms with van der Waals surface area (Å²) >= 11 is 1.77. The fraction of sp³-hybridized carbons (Fsp3) is 0.636. The Labute approximate surface area is 89.0 Å². The highest BCUT2D eigenvalue weighted by Crippen LogP contribution is 2.39. The van der Waals surface area contributed by atoms with Crippen LogP contribution in [0.4, 0.5) is 0 Å². The highest BCUT2D eigenvalue weighted by atomic mass is 32.1. The van der Waals surface area contributed by atoms with Crippen molar-refractivity contribution in [2.75, 3.05) is 13.1 Å². The SMILES string of the molecule is CC(C)c1cc(O)c(C2CCNC2)s1. The van der Waals surface area contributed by atoms with E-state index in [2.05, 4.69) is 19.2 Å². The molecule has 0 amide bonds. The molecule has 0 spiro atoms. The van der Waals surface area contributed by atoms with E-state index in [1.54, 1.807) is 11.3 Å². The summed E-state index contributed by atoms with van der Waals surface area (Å²) in [4.78, 5) is 2.48. The monoisotopic (exact) mass is 211 g/mol. The third-order valence-corrected chi connectivity index (χ3v) is 4.35. The van der Waals surface area contributed by atoms with Crippen molar-refractivity contribution in [3.8, 4) is 5.75 Å². The Kier molecular flexibility index (Phi) is 2.79. The molecule has 1 aliphatic rings. The average molecular weight is 211 g/mol. The van der Waals surface area contributed by atoms with Crippen LogP contribution in [0.1, 0.15) is 41.9 Å². The maximum atomic E-state index is 9.82. The van der Waals surface area contributed by atoms with Crippen molar-refractivity contribution in [2.24, 2.45) is 0 Å². The molecule has 0 aliphatic carbocycles. The van der Waals surface area contributed by atoms with E-state index in [9.17, 15) is 5.11 Å². The van der Waals surface area contributed by atoms with Crippen molar-refractivity contribution in [3.63, 3.8) is 0 Å². The van der Waals surface area contributed by atoms with Crippen LogP contribution >= 0.6 is 11.3 Å². The lowest BCUT2D eigenvalue weighted by Crippen LogP contribution is -2.07. The second-order valence-corrected chi connectivity index (χ2v) is 5.36. The van der Waals surface area contributed by atoms with Crippen LogP contribution in [0.5, 0.6) is 5.75 Å². The van der Waals surface area contributed by atoms with Crippen LogP contribution in [-0.4, -0.2) is 18.2 Å². The standard InChI is InChI=1S/C11H17NOS/c1-7(2)10-5-9(13)11(14-10)8-3-4-12-6-8/h5,7-8,12-13H,3-4,6H2,1-2H3. The van der Waals surface area contributed by atoms with E-state index in [1.165, 1.54) is 9.75 Å². The Morgan fingerprint density at radius 2 is 2.36 bits per heavy atom. The number of hydrogen-bond donors (Lipinski definition) is 2. The minimum absolute atomic E-state index is 0.507. The predicted molar refractivity (Wildman–Crippen MR) is 60.3 cm³/mol. The lowest BCUT2D eigenvalue weighted by Gasteiger charge is -2.05. The first-order valence-electron chi connectivity index (χ1n) is 5.21. The number of thiophene rings is 1. The quantitative estimate of drug-likeness (QED) is 0.788. The van der Waals surface area contributed by atoms with Gasteiger partial charge in [-0.1, -0.05) is 13.8 Å². The first kappa shape index (κ1) is 9.99. The maximum absolute atomic E-state index is 9.82. The summed E-state index contributed by atoms with van der Waals surface area (Å²) in [6.45, 7) is 6.44. The topological polar surface area (TPSA) is 32.3 Å². The smallest absolute Gasteiger partial charge is 0.130 e. The molecule has 0 saturated carbocycles. The van der Waals surface area contributed by atoms with Crippen LogP contribution in [-0.2, 0) is 0 Å². The van der Waals surface area contributed by atoms with Crippen LogP contribution in [0.15, 0.2) is 6.07 Å². The highest BCUT2D eigenvalue weighted by Gasteiger charge is 2.22. The molecule has 1 saturated heterocycles. The molecule has 0 aromatic carbocycles. The van der Waals surface area contributed by atoms with Gasteiger partial charge in [0.05, 0.1) is 4.88 Å². The van der Waals surface area contributed by atoms with E-state index < -0.39 is 0 Å². The first-order valence-corrected chi connectivity index (χ1v) is 6.03. The minimum atomic E-state index is 0.507. The fourth-order valence-electron chi connectivity index (χ4n) is 1.87. The highest BCUT2D eigenvalue weighted by molar-refractivity contribution is 7.12. The van der Waals surface area contributed by atoms with Crippen molar-refractivity contribution in [3.05, 3.63) is 15.8 Å². The lowest BCUT2D eigenvalue weighted by atomic mass is 10.1. The second-order valence-electron chi connectivity index (χ2n) is 4.24. The zero-order valence-electron chi connectivity index (χ0n) is 8.71. The minimum Gasteiger partial charge on any atom is -0.507 e. The van der Waals surface area contributed by atoms with Crippen LogP contribution in [0, 0.1) is 0 Å². The summed E-state index contributed by atoms with van der Waals surface area (Å²) < 4.78 is 0. The van der Waals surface area contributed by atoms with E-state index in [0.717, 1.165) is 19.5 Å². The Morgan fingerprint density at radius 3 is 2.86 bits per heavy atom. The number of nitrogens with one attached hydrogen (secondary N) is 1. The van der Waals surface area contributed by atoms with Crippen molar-refractivity contribution in [2.45, 2.75) is 32.1 Å². The second kappa shape index (κ2) is 3.91. The van der Waals surface area contributed by atoms with Gasteiger partial charge in [0, 0.05) is 17.3 Å². The Morgan fingerprint density at radius 1 is 1.57 bits per heavy atom. The van der Waals surface area contributed by atoms with Gasteiger partial charge in [0.1, 0.15) is 5.75 Å². The molecule has 14 heavy (non-hydrogen) atoms. The molecule has 1 aliphatic heterocycles. The molecule has 0 bridgehead atoms. The molecule has 2 heterocycles. The van der Waals surface area contributed by atoms with E-state index in [0.29, 0.717) is 17.6 Å². The van der Waals surface area contributed by atoms with Crippen molar-refractivity contribution in [1.82, 2.24) is 5.32 Å². The van der Waals surface area contributed by atoms with Gasteiger partial charge in [0.2, 0.25) is 0 Å². The van der Waals surface area contributed by atoms with Gasteiger partial charge >= 0.3 is 0 Å². The number of aromatic hydroxyl groups is 1. The van der Waals surface area contributed by atoms with Crippen LogP contribution in [0.25, 0.3) is 0 Å². The molecule has 2 N–H and O–H groups in total. The predicted octanol–water partition coefficient (Wildman–Crippen LogP) is 2.65. The van der Waals surface area contributed by atoms with Gasteiger partial charge in [-0.05, 0) is 24.9 Å². The van der Waals surface area contributed by atoms with Crippen molar-refractivity contribution >= 4 is 11.3 Å². The zero-order valence-corrected chi connectivity index (χ0v) is 9.53. The molecule has 0 radical (unpaired) electrons. The molecule has 1 aromatic rings. The lowest BCUT2D eigenvalue weighted by molar-refractivity contribution is 0.466.